The molecule has 6 heteroatoms. The van der Waals surface area contributed by atoms with Crippen LogP contribution in [0.5, 0.6) is 0 Å². The molecule has 0 aliphatic carbocycles. The summed E-state index contributed by atoms with van der Waals surface area (Å²) in [4.78, 5) is 10.6. The molecule has 0 radical (unpaired) electrons. The molecule has 20 heavy (non-hydrogen) atoms. The third kappa shape index (κ3) is 8.53. The monoisotopic (exact) mass is 293 g/mol. The van der Waals surface area contributed by atoms with E-state index < -0.39 is 18.4 Å². The number of halogens is 3. The Balaban J connectivity index is 0. The second-order valence-electron chi connectivity index (χ2n) is 3.47. The minimum absolute atomic E-state index is 0.216. The van der Waals surface area contributed by atoms with Gasteiger partial charge in [0.1, 0.15) is 0 Å². The molecule has 0 heterocycles. The Hall–Kier alpha value is -1.56. The number of benzene rings is 1. The highest BCUT2D eigenvalue weighted by Crippen LogP contribution is 2.12. The van der Waals surface area contributed by atoms with Crippen LogP contribution in [0.3, 0.4) is 0 Å². The highest BCUT2D eigenvalue weighted by atomic mass is 19.3. The second kappa shape index (κ2) is 12.5. The average molecular weight is 293 g/mol. The molecule has 0 spiro atoms. The van der Waals surface area contributed by atoms with E-state index in [0.717, 1.165) is 5.56 Å². The fourth-order valence-electron chi connectivity index (χ4n) is 1.18. The number of amides is 1. The predicted octanol–water partition coefficient (Wildman–Crippen LogP) is 3.02. The van der Waals surface area contributed by atoms with Crippen LogP contribution >= 0.6 is 0 Å². The molecule has 2 N–H and O–H groups in total. The van der Waals surface area contributed by atoms with Gasteiger partial charge in [-0.3, -0.25) is 9.18 Å². The van der Waals surface area contributed by atoms with E-state index in [0.29, 0.717) is 12.7 Å². The van der Waals surface area contributed by atoms with E-state index in [1.165, 1.54) is 0 Å². The van der Waals surface area contributed by atoms with Gasteiger partial charge in [0.15, 0.2) is 0 Å². The first-order valence-corrected chi connectivity index (χ1v) is 6.19. The van der Waals surface area contributed by atoms with Crippen molar-refractivity contribution in [2.75, 3.05) is 13.7 Å². The van der Waals surface area contributed by atoms with Gasteiger partial charge >= 0.3 is 6.43 Å². The van der Waals surface area contributed by atoms with Gasteiger partial charge in [-0.2, -0.15) is 8.78 Å². The summed E-state index contributed by atoms with van der Waals surface area (Å²) in [6, 6.07) is 6.98. The number of aryl methyl sites for hydroxylation is 1. The number of hydrogen-bond donors (Lipinski definition) is 2. The first-order valence-electron chi connectivity index (χ1n) is 6.19. The lowest BCUT2D eigenvalue weighted by Gasteiger charge is -2.12. The summed E-state index contributed by atoms with van der Waals surface area (Å²) in [5, 5.41) is 11.5. The van der Waals surface area contributed by atoms with Crippen molar-refractivity contribution in [3.8, 4) is 0 Å². The number of nitrogens with one attached hydrogen (secondary N) is 1. The molecule has 0 aliphatic heterocycles. The molecule has 0 aliphatic rings. The van der Waals surface area contributed by atoms with Crippen LogP contribution in [0.25, 0.3) is 0 Å². The van der Waals surface area contributed by atoms with Gasteiger partial charge in [0.05, 0.1) is 13.3 Å². The van der Waals surface area contributed by atoms with Crippen LogP contribution < -0.4 is 5.32 Å². The van der Waals surface area contributed by atoms with Crippen LogP contribution in [0.1, 0.15) is 31.1 Å². The summed E-state index contributed by atoms with van der Waals surface area (Å²) in [5.41, 5.74) is 1.62. The van der Waals surface area contributed by atoms with Crippen molar-refractivity contribution >= 4 is 5.91 Å². The smallest absolute Gasteiger partial charge is 0.315 e. The fourth-order valence-corrected chi connectivity index (χ4v) is 1.18. The largest absolute Gasteiger partial charge is 0.387 e. The maximum atomic E-state index is 11.8. The molecule has 1 amide bonds. The van der Waals surface area contributed by atoms with Gasteiger partial charge in [0.25, 0.3) is 5.91 Å². The Morgan fingerprint density at radius 1 is 1.20 bits per heavy atom. The normalized spacial score (nSPS) is 10.7. The third-order valence-electron chi connectivity index (χ3n) is 2.13. The van der Waals surface area contributed by atoms with Crippen molar-refractivity contribution in [1.29, 1.82) is 0 Å². The van der Waals surface area contributed by atoms with Gasteiger partial charge < -0.3 is 10.4 Å². The fraction of sp³-hybridized carbons (Fsp3) is 0.500. The lowest BCUT2D eigenvalue weighted by atomic mass is 10.1. The molecular weight excluding hydrogens is 271 g/mol. The number of carbonyl (C=O) groups is 1. The van der Waals surface area contributed by atoms with Gasteiger partial charge in [-0.05, 0) is 12.5 Å². The van der Waals surface area contributed by atoms with E-state index in [1.807, 2.05) is 26.1 Å². The molecule has 1 aromatic carbocycles. The summed E-state index contributed by atoms with van der Waals surface area (Å²) in [5.74, 6) is -1.37. The lowest BCUT2D eigenvalue weighted by molar-refractivity contribution is -0.132. The van der Waals surface area contributed by atoms with Crippen LogP contribution in [0.2, 0.25) is 0 Å². The van der Waals surface area contributed by atoms with Crippen LogP contribution in [0.4, 0.5) is 13.2 Å². The predicted molar refractivity (Wildman–Crippen MR) is 73.5 cm³/mol. The first kappa shape index (κ1) is 20.8. The highest BCUT2D eigenvalue weighted by Gasteiger charge is 2.16. The van der Waals surface area contributed by atoms with Gasteiger partial charge in [0.2, 0.25) is 0 Å². The summed E-state index contributed by atoms with van der Waals surface area (Å²) in [6.45, 7) is 5.68. The molecule has 1 aromatic rings. The van der Waals surface area contributed by atoms with E-state index in [-0.39, 0.29) is 6.54 Å². The van der Waals surface area contributed by atoms with Crippen LogP contribution in [-0.4, -0.2) is 31.2 Å². The van der Waals surface area contributed by atoms with Crippen molar-refractivity contribution in [2.45, 2.75) is 33.3 Å². The molecule has 0 fully saturated rings. The highest BCUT2D eigenvalue weighted by molar-refractivity contribution is 5.79. The Morgan fingerprint density at radius 3 is 2.05 bits per heavy atom. The topological polar surface area (TPSA) is 49.3 Å². The Kier molecular flexibility index (Phi) is 12.9. The zero-order chi connectivity index (χ0) is 16.1. The van der Waals surface area contributed by atoms with Crippen LogP contribution in [0.15, 0.2) is 24.3 Å². The summed E-state index contributed by atoms with van der Waals surface area (Å²) < 4.78 is 33.2. The van der Waals surface area contributed by atoms with E-state index in [1.54, 1.807) is 24.3 Å². The maximum Gasteiger partial charge on any atom is 0.315 e. The Morgan fingerprint density at radius 2 is 1.65 bits per heavy atom. The molecule has 0 bridgehead atoms. The van der Waals surface area contributed by atoms with Crippen molar-refractivity contribution in [1.82, 2.24) is 5.32 Å². The molecule has 0 saturated carbocycles. The minimum atomic E-state index is -3.05. The van der Waals surface area contributed by atoms with Gasteiger partial charge in [0, 0.05) is 6.54 Å². The average Bonchev–Trinajstić information content (AvgIpc) is 2.49. The van der Waals surface area contributed by atoms with E-state index >= 15 is 0 Å². The Bertz CT molecular complexity index is 356. The molecule has 1 unspecified atom stereocenters. The molecule has 0 saturated heterocycles. The minimum Gasteiger partial charge on any atom is -0.387 e. The standard InChI is InChI=1S/C11H13F2NO2.C2H6.CH3F/c1-7-2-4-8(5-3-7)9(15)6-14-11(16)10(12)13;2*1-2/h2-5,9-10,15H,6H2,1H3,(H,14,16);1-2H3;1H3. The van der Waals surface area contributed by atoms with E-state index in [2.05, 4.69) is 0 Å². The van der Waals surface area contributed by atoms with Gasteiger partial charge in [-0.25, -0.2) is 0 Å². The van der Waals surface area contributed by atoms with Crippen molar-refractivity contribution in [3.63, 3.8) is 0 Å². The zero-order valence-electron chi connectivity index (χ0n) is 12.2. The van der Waals surface area contributed by atoms with Crippen LogP contribution in [0, 0.1) is 6.92 Å². The molecule has 116 valence electrons. The number of carbonyl (C=O) groups excluding carboxylic acids is 1. The van der Waals surface area contributed by atoms with Crippen LogP contribution in [-0.2, 0) is 4.79 Å². The number of alkyl halides is 3. The molecule has 1 atom stereocenters. The molecule has 3 nitrogen and oxygen atoms in total. The number of hydrogen-bond acceptors (Lipinski definition) is 2. The SMILES string of the molecule is CC.CF.Cc1ccc(C(O)CNC(=O)C(F)F)cc1. The quantitative estimate of drug-likeness (QED) is 0.896. The maximum absolute atomic E-state index is 11.8. The molecule has 0 aromatic heterocycles. The van der Waals surface area contributed by atoms with Gasteiger partial charge in [-0.15, -0.1) is 0 Å². The van der Waals surface area contributed by atoms with Crippen molar-refractivity contribution in [2.24, 2.45) is 0 Å². The van der Waals surface area contributed by atoms with E-state index in [9.17, 15) is 23.1 Å². The zero-order valence-corrected chi connectivity index (χ0v) is 12.2. The lowest BCUT2D eigenvalue weighted by Crippen LogP contribution is -2.33. The molecular formula is C14H22F3NO2. The first-order chi connectivity index (χ1) is 9.50. The van der Waals surface area contributed by atoms with Crippen molar-refractivity contribution < 1.29 is 23.1 Å². The van der Waals surface area contributed by atoms with E-state index in [4.69, 9.17) is 0 Å². The summed E-state index contributed by atoms with van der Waals surface area (Å²) in [6.07, 6.45) is -4.02. The third-order valence-corrected chi connectivity index (χ3v) is 2.13. The number of aliphatic hydroxyl groups is 1. The summed E-state index contributed by atoms with van der Waals surface area (Å²) >= 11 is 0. The number of rotatable bonds is 4. The second-order valence-corrected chi connectivity index (χ2v) is 3.47. The van der Waals surface area contributed by atoms with Crippen molar-refractivity contribution in [3.05, 3.63) is 35.4 Å². The Labute approximate surface area is 117 Å². The molecule has 1 rings (SSSR count). The summed E-state index contributed by atoms with van der Waals surface area (Å²) in [7, 11) is 0.500. The number of aliphatic hydroxyl groups excluding tert-OH is 1. The van der Waals surface area contributed by atoms with Gasteiger partial charge in [-0.1, -0.05) is 43.7 Å².